The first-order valence-corrected chi connectivity index (χ1v) is 12.8. The number of nitrogens with zero attached hydrogens (tertiary/aromatic N) is 6. The number of thioether (sulfide) groups is 1. The van der Waals surface area contributed by atoms with Crippen molar-refractivity contribution in [3.8, 4) is 0 Å². The van der Waals surface area contributed by atoms with Gasteiger partial charge >= 0.3 is 6.03 Å². The van der Waals surface area contributed by atoms with E-state index in [2.05, 4.69) is 54.9 Å². The number of aryl methyl sites for hydroxylation is 1. The summed E-state index contributed by atoms with van der Waals surface area (Å²) in [5.41, 5.74) is 0.964. The molecular weight excluding hydrogens is 444 g/mol. The first-order chi connectivity index (χ1) is 15.5. The Kier molecular flexibility index (Phi) is 5.93. The average molecular weight is 473 g/mol. The smallest absolute Gasteiger partial charge is 0.321 e. The summed E-state index contributed by atoms with van der Waals surface area (Å²) in [5, 5.41) is 8.35. The molecule has 170 valence electrons. The third-order valence-corrected chi connectivity index (χ3v) is 8.23. The van der Waals surface area contributed by atoms with Gasteiger partial charge in [-0.2, -0.15) is 9.36 Å². The summed E-state index contributed by atoms with van der Waals surface area (Å²) >= 11 is 2.80. The molecule has 32 heavy (non-hydrogen) atoms. The number of urea groups is 1. The first kappa shape index (κ1) is 21.4. The van der Waals surface area contributed by atoms with E-state index in [0.717, 1.165) is 53.4 Å². The largest absolute Gasteiger partial charge is 0.356 e. The van der Waals surface area contributed by atoms with Crippen LogP contribution in [0.5, 0.6) is 0 Å². The molecule has 2 fully saturated rings. The summed E-state index contributed by atoms with van der Waals surface area (Å²) < 4.78 is 6.28. The second kappa shape index (κ2) is 8.86. The summed E-state index contributed by atoms with van der Waals surface area (Å²) in [4.78, 5) is 28.1. The minimum absolute atomic E-state index is 0.180. The van der Waals surface area contributed by atoms with Gasteiger partial charge in [-0.3, -0.25) is 5.32 Å². The Bertz CT molecular complexity index is 1100. The zero-order valence-corrected chi connectivity index (χ0v) is 20.1. The van der Waals surface area contributed by atoms with Crippen molar-refractivity contribution >= 4 is 51.3 Å². The molecule has 3 aromatic rings. The van der Waals surface area contributed by atoms with E-state index >= 15 is 0 Å². The maximum atomic E-state index is 12.4. The van der Waals surface area contributed by atoms with Crippen LogP contribution >= 0.6 is 23.3 Å². The quantitative estimate of drug-likeness (QED) is 0.527. The van der Waals surface area contributed by atoms with Gasteiger partial charge in [0.25, 0.3) is 0 Å². The van der Waals surface area contributed by atoms with Crippen LogP contribution in [-0.2, 0) is 7.05 Å². The molecule has 5 rings (SSSR count). The molecule has 3 aromatic heterocycles. The van der Waals surface area contributed by atoms with E-state index < -0.39 is 0 Å². The van der Waals surface area contributed by atoms with E-state index in [1.165, 1.54) is 11.5 Å². The number of aromatic nitrogens is 5. The van der Waals surface area contributed by atoms with Gasteiger partial charge in [-0.15, -0.1) is 0 Å². The third-order valence-electron chi connectivity index (χ3n) is 6.75. The Morgan fingerprint density at radius 1 is 1.28 bits per heavy atom. The Labute approximate surface area is 195 Å². The van der Waals surface area contributed by atoms with Crippen LogP contribution in [0.4, 0.5) is 15.7 Å². The van der Waals surface area contributed by atoms with Crippen LogP contribution in [-0.4, -0.2) is 54.8 Å². The summed E-state index contributed by atoms with van der Waals surface area (Å²) in [5.74, 6) is 3.19. The van der Waals surface area contributed by atoms with Crippen molar-refractivity contribution in [2.45, 2.75) is 49.8 Å². The van der Waals surface area contributed by atoms with Crippen molar-refractivity contribution in [3.05, 3.63) is 18.6 Å². The highest BCUT2D eigenvalue weighted by molar-refractivity contribution is 7.99. The number of carbonyl (C=O) groups excluding carboxylic acids is 1. The molecule has 1 unspecified atom stereocenters. The maximum Gasteiger partial charge on any atom is 0.321 e. The van der Waals surface area contributed by atoms with Gasteiger partial charge in [0.2, 0.25) is 10.3 Å². The molecule has 4 atom stereocenters. The first-order valence-electron chi connectivity index (χ1n) is 11.0. The molecule has 2 amide bonds. The summed E-state index contributed by atoms with van der Waals surface area (Å²) in [6, 6.07) is 2.60. The van der Waals surface area contributed by atoms with Gasteiger partial charge in [-0.05, 0) is 49.3 Å². The molecule has 2 aliphatic carbocycles. The van der Waals surface area contributed by atoms with E-state index in [4.69, 9.17) is 0 Å². The number of carbonyl (C=O) groups is 1. The normalized spacial score (nSPS) is 24.6. The number of hydrogen-bond acceptors (Lipinski definition) is 8. The minimum Gasteiger partial charge on any atom is -0.356 e. The molecule has 2 aliphatic rings. The molecule has 9 nitrogen and oxygen atoms in total. The van der Waals surface area contributed by atoms with Gasteiger partial charge in [0, 0.05) is 43.9 Å². The molecule has 11 heteroatoms. The zero-order valence-electron chi connectivity index (χ0n) is 18.5. The summed E-state index contributed by atoms with van der Waals surface area (Å²) in [6.07, 6.45) is 8.01. The van der Waals surface area contributed by atoms with Crippen LogP contribution in [0.15, 0.2) is 23.7 Å². The van der Waals surface area contributed by atoms with E-state index in [-0.39, 0.29) is 12.1 Å². The summed E-state index contributed by atoms with van der Waals surface area (Å²) in [7, 11) is 4.16. The van der Waals surface area contributed by atoms with Crippen molar-refractivity contribution in [1.82, 2.24) is 29.2 Å². The van der Waals surface area contributed by atoms with E-state index in [1.807, 2.05) is 17.8 Å². The van der Waals surface area contributed by atoms with Crippen LogP contribution in [0.25, 0.3) is 11.0 Å². The Morgan fingerprint density at radius 2 is 2.06 bits per heavy atom. The van der Waals surface area contributed by atoms with Crippen LogP contribution in [0.3, 0.4) is 0 Å². The van der Waals surface area contributed by atoms with Gasteiger partial charge < -0.3 is 14.8 Å². The highest BCUT2D eigenvalue weighted by Crippen LogP contribution is 2.46. The number of rotatable bonds is 6. The monoisotopic (exact) mass is 472 g/mol. The van der Waals surface area contributed by atoms with E-state index in [0.29, 0.717) is 23.0 Å². The highest BCUT2D eigenvalue weighted by atomic mass is 32.2. The standard InChI is InChI=1S/C21H28N8OS2/c1-4-31-21-26-20(32-27-21)25-19(30)24-14-7-12-9-15(10-13(12)8-14)29(3)18-16-5-6-28(2)17(16)22-11-23-18/h5-6,11-15H,4,7-10H2,1-3H3,(H2,24,25,26,27,30)/t12-,13?,14-,15-/m1/s1. The van der Waals surface area contributed by atoms with Gasteiger partial charge in [-0.25, -0.2) is 14.8 Å². The summed E-state index contributed by atoms with van der Waals surface area (Å²) in [6.45, 7) is 2.06. The number of nitrogens with one attached hydrogen (secondary N) is 2. The van der Waals surface area contributed by atoms with Crippen LogP contribution < -0.4 is 15.5 Å². The maximum absolute atomic E-state index is 12.4. The number of hydrogen-bond donors (Lipinski definition) is 2. The molecule has 0 spiro atoms. The van der Waals surface area contributed by atoms with Crippen molar-refractivity contribution in [1.29, 1.82) is 0 Å². The highest BCUT2D eigenvalue weighted by Gasteiger charge is 2.43. The van der Waals surface area contributed by atoms with Crippen LogP contribution in [0.1, 0.15) is 32.6 Å². The second-order valence-electron chi connectivity index (χ2n) is 8.70. The fourth-order valence-electron chi connectivity index (χ4n) is 5.30. The minimum atomic E-state index is -0.180. The van der Waals surface area contributed by atoms with E-state index in [9.17, 15) is 4.79 Å². The molecule has 0 aliphatic heterocycles. The Hall–Kier alpha value is -2.40. The predicted octanol–water partition coefficient (Wildman–Crippen LogP) is 3.75. The lowest BCUT2D eigenvalue weighted by molar-refractivity contribution is 0.248. The van der Waals surface area contributed by atoms with Gasteiger partial charge in [0.15, 0.2) is 0 Å². The Morgan fingerprint density at radius 3 is 2.81 bits per heavy atom. The van der Waals surface area contributed by atoms with Crippen molar-refractivity contribution in [2.24, 2.45) is 18.9 Å². The van der Waals surface area contributed by atoms with E-state index in [1.54, 1.807) is 18.1 Å². The van der Waals surface area contributed by atoms with Gasteiger partial charge in [-0.1, -0.05) is 18.7 Å². The lowest BCUT2D eigenvalue weighted by atomic mass is 10.0. The second-order valence-corrected chi connectivity index (χ2v) is 10.7. The molecular formula is C21H28N8OS2. The molecule has 0 bridgehead atoms. The van der Waals surface area contributed by atoms with Crippen molar-refractivity contribution in [3.63, 3.8) is 0 Å². The van der Waals surface area contributed by atoms with Gasteiger partial charge in [0.1, 0.15) is 17.8 Å². The molecule has 2 N–H and O–H groups in total. The number of amides is 2. The average Bonchev–Trinajstić information content (AvgIpc) is 3.52. The number of anilines is 2. The molecule has 0 radical (unpaired) electrons. The fourth-order valence-corrected chi connectivity index (χ4v) is 6.57. The lowest BCUT2D eigenvalue weighted by Gasteiger charge is -2.27. The SMILES string of the molecule is CCSc1nsc(NC(=O)N[C@H]2CC3C[C@H](N(C)c4ncnc5c4ccn5C)C[C@H]3C2)n1. The lowest BCUT2D eigenvalue weighted by Crippen LogP contribution is -2.37. The molecule has 3 heterocycles. The molecule has 2 saturated carbocycles. The zero-order chi connectivity index (χ0) is 22.2. The third kappa shape index (κ3) is 4.15. The predicted molar refractivity (Wildman–Crippen MR) is 128 cm³/mol. The van der Waals surface area contributed by atoms with Crippen LogP contribution in [0, 0.1) is 11.8 Å². The van der Waals surface area contributed by atoms with Crippen LogP contribution in [0.2, 0.25) is 0 Å². The van der Waals surface area contributed by atoms with Crippen molar-refractivity contribution in [2.75, 3.05) is 23.0 Å². The molecule has 0 saturated heterocycles. The van der Waals surface area contributed by atoms with Gasteiger partial charge in [0.05, 0.1) is 5.39 Å². The number of fused-ring (bicyclic) bond motifs is 2. The van der Waals surface area contributed by atoms with Crippen molar-refractivity contribution < 1.29 is 4.79 Å². The fraction of sp³-hybridized carbons (Fsp3) is 0.571. The molecule has 0 aromatic carbocycles. The topological polar surface area (TPSA) is 101 Å². The Balaban J connectivity index is 1.15.